The standard InChI is InChI=1S/C25H16F3NO3S/c26-25(27,28)18-6-1-5-17(14-18)22-12-10-20(32-22)9-11-21(30)16-4-2-7-19(15-16)29-24(31)23-8-3-13-33-23/h1-15H,(H,29,31)/b11-9+. The lowest BCUT2D eigenvalue weighted by atomic mass is 10.1. The molecule has 0 spiro atoms. The molecule has 8 heteroatoms. The maximum absolute atomic E-state index is 12.9. The molecule has 33 heavy (non-hydrogen) atoms. The molecule has 4 aromatic rings. The van der Waals surface area contributed by atoms with E-state index in [0.29, 0.717) is 21.9 Å². The smallest absolute Gasteiger partial charge is 0.416 e. The average Bonchev–Trinajstić information content (AvgIpc) is 3.50. The van der Waals surface area contributed by atoms with E-state index >= 15 is 0 Å². The molecule has 2 aromatic carbocycles. The van der Waals surface area contributed by atoms with Crippen molar-refractivity contribution in [3.63, 3.8) is 0 Å². The van der Waals surface area contributed by atoms with Crippen molar-refractivity contribution >= 4 is 34.8 Å². The molecule has 0 aliphatic heterocycles. The first-order chi connectivity index (χ1) is 15.8. The molecule has 0 aliphatic carbocycles. The minimum absolute atomic E-state index is 0.256. The van der Waals surface area contributed by atoms with Crippen molar-refractivity contribution in [2.45, 2.75) is 6.18 Å². The molecule has 0 fully saturated rings. The number of alkyl halides is 3. The zero-order valence-electron chi connectivity index (χ0n) is 16.9. The summed E-state index contributed by atoms with van der Waals surface area (Å²) in [7, 11) is 0. The quantitative estimate of drug-likeness (QED) is 0.241. The van der Waals surface area contributed by atoms with E-state index in [9.17, 15) is 22.8 Å². The number of halogens is 3. The predicted molar refractivity (Wildman–Crippen MR) is 121 cm³/mol. The molecule has 0 saturated carbocycles. The number of anilines is 1. The maximum Gasteiger partial charge on any atom is 0.416 e. The van der Waals surface area contributed by atoms with Crippen LogP contribution in [0.25, 0.3) is 17.4 Å². The molecule has 0 saturated heterocycles. The molecular formula is C25H16F3NO3S. The Labute approximate surface area is 191 Å². The van der Waals surface area contributed by atoms with Crippen LogP contribution in [0.4, 0.5) is 18.9 Å². The van der Waals surface area contributed by atoms with Gasteiger partial charge in [0.05, 0.1) is 10.4 Å². The van der Waals surface area contributed by atoms with Crippen LogP contribution in [0.3, 0.4) is 0 Å². The van der Waals surface area contributed by atoms with Crippen molar-refractivity contribution in [1.82, 2.24) is 0 Å². The van der Waals surface area contributed by atoms with Gasteiger partial charge in [-0.15, -0.1) is 11.3 Å². The number of carbonyl (C=O) groups is 2. The summed E-state index contributed by atoms with van der Waals surface area (Å²) in [6.07, 6.45) is -1.71. The van der Waals surface area contributed by atoms with Gasteiger partial charge in [-0.2, -0.15) is 13.2 Å². The second-order valence-corrected chi connectivity index (χ2v) is 7.94. The zero-order valence-corrected chi connectivity index (χ0v) is 17.7. The second-order valence-electron chi connectivity index (χ2n) is 6.99. The number of rotatable bonds is 6. The molecule has 1 amide bonds. The van der Waals surface area contributed by atoms with E-state index < -0.39 is 11.7 Å². The van der Waals surface area contributed by atoms with E-state index in [1.165, 1.54) is 35.6 Å². The van der Waals surface area contributed by atoms with Crippen LogP contribution in [-0.4, -0.2) is 11.7 Å². The number of hydrogen-bond acceptors (Lipinski definition) is 4. The van der Waals surface area contributed by atoms with E-state index in [1.807, 2.05) is 0 Å². The van der Waals surface area contributed by atoms with Gasteiger partial charge in [-0.05, 0) is 60.0 Å². The van der Waals surface area contributed by atoms with Crippen LogP contribution in [0.15, 0.2) is 88.7 Å². The first kappa shape index (κ1) is 22.3. The SMILES string of the molecule is O=C(/C=C/c1ccc(-c2cccc(C(F)(F)F)c2)o1)c1cccc(NC(=O)c2cccs2)c1. The first-order valence-corrected chi connectivity index (χ1v) is 10.6. The monoisotopic (exact) mass is 467 g/mol. The van der Waals surface area contributed by atoms with Gasteiger partial charge >= 0.3 is 6.18 Å². The van der Waals surface area contributed by atoms with Crippen LogP contribution < -0.4 is 5.32 Å². The lowest BCUT2D eigenvalue weighted by Crippen LogP contribution is -2.10. The molecule has 0 radical (unpaired) electrons. The molecule has 0 atom stereocenters. The number of benzene rings is 2. The lowest BCUT2D eigenvalue weighted by molar-refractivity contribution is -0.137. The molecule has 1 N–H and O–H groups in total. The number of nitrogens with one attached hydrogen (secondary N) is 1. The summed E-state index contributed by atoms with van der Waals surface area (Å²) in [5.74, 6) is -0.00788. The number of ketones is 1. The largest absolute Gasteiger partial charge is 0.457 e. The summed E-state index contributed by atoms with van der Waals surface area (Å²) in [6, 6.07) is 17.9. The molecular weight excluding hydrogens is 451 g/mol. The highest BCUT2D eigenvalue weighted by atomic mass is 32.1. The Balaban J connectivity index is 1.46. The van der Waals surface area contributed by atoms with Gasteiger partial charge in [-0.1, -0.05) is 30.3 Å². The summed E-state index contributed by atoms with van der Waals surface area (Å²) < 4.78 is 44.4. The van der Waals surface area contributed by atoms with Gasteiger partial charge in [-0.25, -0.2) is 0 Å². The summed E-state index contributed by atoms with van der Waals surface area (Å²) in [5, 5.41) is 4.54. The van der Waals surface area contributed by atoms with Crippen LogP contribution >= 0.6 is 11.3 Å². The number of furan rings is 1. The zero-order chi connectivity index (χ0) is 23.4. The minimum atomic E-state index is -4.45. The van der Waals surface area contributed by atoms with Crippen molar-refractivity contribution < 1.29 is 27.2 Å². The fourth-order valence-electron chi connectivity index (χ4n) is 3.05. The Morgan fingerprint density at radius 3 is 2.52 bits per heavy atom. The van der Waals surface area contributed by atoms with Crippen LogP contribution in [0, 0.1) is 0 Å². The fourth-order valence-corrected chi connectivity index (χ4v) is 3.67. The van der Waals surface area contributed by atoms with Crippen molar-refractivity contribution in [2.24, 2.45) is 0 Å². The third kappa shape index (κ3) is 5.48. The van der Waals surface area contributed by atoms with Crippen LogP contribution in [0.1, 0.15) is 31.4 Å². The molecule has 0 unspecified atom stereocenters. The van der Waals surface area contributed by atoms with Gasteiger partial charge in [0.25, 0.3) is 5.91 Å². The van der Waals surface area contributed by atoms with Gasteiger partial charge in [0, 0.05) is 16.8 Å². The number of amides is 1. The average molecular weight is 467 g/mol. The lowest BCUT2D eigenvalue weighted by Gasteiger charge is -2.07. The minimum Gasteiger partial charge on any atom is -0.457 e. The van der Waals surface area contributed by atoms with E-state index in [4.69, 9.17) is 4.42 Å². The van der Waals surface area contributed by atoms with E-state index in [0.717, 1.165) is 12.1 Å². The maximum atomic E-state index is 12.9. The van der Waals surface area contributed by atoms with E-state index in [2.05, 4.69) is 5.32 Å². The van der Waals surface area contributed by atoms with Crippen molar-refractivity contribution in [2.75, 3.05) is 5.32 Å². The molecule has 2 heterocycles. The second kappa shape index (κ2) is 9.30. The number of allylic oxidation sites excluding steroid dienone is 1. The van der Waals surface area contributed by atoms with Crippen LogP contribution in [-0.2, 0) is 6.18 Å². The highest BCUT2D eigenvalue weighted by molar-refractivity contribution is 7.12. The third-order valence-corrected chi connectivity index (χ3v) is 5.52. The topological polar surface area (TPSA) is 59.3 Å². The van der Waals surface area contributed by atoms with Crippen molar-refractivity contribution in [3.05, 3.63) is 106 Å². The molecule has 0 aliphatic rings. The highest BCUT2D eigenvalue weighted by Gasteiger charge is 2.30. The summed E-state index contributed by atoms with van der Waals surface area (Å²) in [4.78, 5) is 25.3. The Morgan fingerprint density at radius 1 is 0.939 bits per heavy atom. The Bertz CT molecular complexity index is 1320. The Hall–Kier alpha value is -3.91. The van der Waals surface area contributed by atoms with E-state index in [1.54, 1.807) is 53.9 Å². The van der Waals surface area contributed by atoms with Gasteiger partial charge < -0.3 is 9.73 Å². The van der Waals surface area contributed by atoms with Gasteiger partial charge in [0.2, 0.25) is 0 Å². The summed E-state index contributed by atoms with van der Waals surface area (Å²) in [5.41, 5.74) is 0.358. The van der Waals surface area contributed by atoms with Crippen LogP contribution in [0.2, 0.25) is 0 Å². The first-order valence-electron chi connectivity index (χ1n) is 9.74. The molecule has 166 valence electrons. The highest BCUT2D eigenvalue weighted by Crippen LogP contribution is 2.32. The fraction of sp³-hybridized carbons (Fsp3) is 0.0400. The van der Waals surface area contributed by atoms with Gasteiger partial charge in [-0.3, -0.25) is 9.59 Å². The Morgan fingerprint density at radius 2 is 1.76 bits per heavy atom. The van der Waals surface area contributed by atoms with E-state index in [-0.39, 0.29) is 23.0 Å². The molecule has 4 nitrogen and oxygen atoms in total. The molecule has 0 bridgehead atoms. The van der Waals surface area contributed by atoms with Gasteiger partial charge in [0.1, 0.15) is 11.5 Å². The number of hydrogen-bond donors (Lipinski definition) is 1. The summed E-state index contributed by atoms with van der Waals surface area (Å²) in [6.45, 7) is 0. The molecule has 2 aromatic heterocycles. The van der Waals surface area contributed by atoms with Crippen molar-refractivity contribution in [1.29, 1.82) is 0 Å². The number of thiophene rings is 1. The van der Waals surface area contributed by atoms with Gasteiger partial charge in [0.15, 0.2) is 5.78 Å². The number of carbonyl (C=O) groups excluding carboxylic acids is 2. The molecule has 4 rings (SSSR count). The summed E-state index contributed by atoms with van der Waals surface area (Å²) >= 11 is 1.31. The Kier molecular flexibility index (Phi) is 6.28. The van der Waals surface area contributed by atoms with Crippen molar-refractivity contribution in [3.8, 4) is 11.3 Å². The van der Waals surface area contributed by atoms with Crippen LogP contribution in [0.5, 0.6) is 0 Å². The predicted octanol–water partition coefficient (Wildman–Crippen LogP) is 7.18. The normalized spacial score (nSPS) is 11.6. The third-order valence-electron chi connectivity index (χ3n) is 4.65.